The van der Waals surface area contributed by atoms with Crippen LogP contribution in [0.1, 0.15) is 27.3 Å². The Morgan fingerprint density at radius 3 is 2.59 bits per heavy atom. The quantitative estimate of drug-likeness (QED) is 0.397. The number of rotatable bonds is 6. The van der Waals surface area contributed by atoms with E-state index < -0.39 is 10.8 Å². The van der Waals surface area contributed by atoms with Gasteiger partial charge >= 0.3 is 0 Å². The van der Waals surface area contributed by atoms with Gasteiger partial charge in [0.1, 0.15) is 5.82 Å². The van der Waals surface area contributed by atoms with E-state index in [1.54, 1.807) is 19.9 Å². The molecule has 0 spiro atoms. The molecule has 0 radical (unpaired) electrons. The standard InChI is InChI=1S/C18H17N5O3S/c1-12-15(9-6-10-16(12)23(25)26)17(24)21-22-13(2)19-20-18(22)27-11-14-7-4-3-5-8-14/h3-10H,11H2,1-2H3,(H,21,24). The third-order valence-electron chi connectivity index (χ3n) is 3.97. The van der Waals surface area contributed by atoms with Crippen molar-refractivity contribution in [1.29, 1.82) is 0 Å². The lowest BCUT2D eigenvalue weighted by Gasteiger charge is -2.11. The third-order valence-corrected chi connectivity index (χ3v) is 4.97. The summed E-state index contributed by atoms with van der Waals surface area (Å²) in [5.41, 5.74) is 4.30. The zero-order chi connectivity index (χ0) is 19.4. The van der Waals surface area contributed by atoms with Crippen molar-refractivity contribution >= 4 is 23.4 Å². The highest BCUT2D eigenvalue weighted by atomic mass is 32.2. The van der Waals surface area contributed by atoms with Crippen molar-refractivity contribution in [3.8, 4) is 0 Å². The van der Waals surface area contributed by atoms with Crippen LogP contribution in [-0.4, -0.2) is 25.7 Å². The molecule has 0 aliphatic carbocycles. The number of hydrogen-bond donors (Lipinski definition) is 1. The van der Waals surface area contributed by atoms with E-state index in [9.17, 15) is 14.9 Å². The van der Waals surface area contributed by atoms with Crippen LogP contribution in [0.25, 0.3) is 0 Å². The Labute approximate surface area is 159 Å². The highest BCUT2D eigenvalue weighted by Crippen LogP contribution is 2.23. The Hall–Kier alpha value is -3.20. The van der Waals surface area contributed by atoms with Crippen LogP contribution in [0.5, 0.6) is 0 Å². The molecule has 3 aromatic rings. The zero-order valence-corrected chi connectivity index (χ0v) is 15.6. The molecular weight excluding hydrogens is 366 g/mol. The van der Waals surface area contributed by atoms with E-state index in [-0.39, 0.29) is 11.3 Å². The van der Waals surface area contributed by atoms with Crippen LogP contribution in [0.15, 0.2) is 53.7 Å². The minimum absolute atomic E-state index is 0.0956. The second-order valence-electron chi connectivity index (χ2n) is 5.79. The maximum atomic E-state index is 12.7. The van der Waals surface area contributed by atoms with Gasteiger partial charge in [-0.15, -0.1) is 10.2 Å². The Balaban J connectivity index is 1.80. The molecule has 0 saturated carbocycles. The second-order valence-corrected chi connectivity index (χ2v) is 6.73. The van der Waals surface area contributed by atoms with Crippen LogP contribution >= 0.6 is 11.8 Å². The Morgan fingerprint density at radius 1 is 1.15 bits per heavy atom. The molecule has 1 amide bonds. The van der Waals surface area contributed by atoms with Gasteiger partial charge in [0.15, 0.2) is 0 Å². The molecule has 0 bridgehead atoms. The Kier molecular flexibility index (Phi) is 5.51. The SMILES string of the molecule is Cc1c(C(=O)Nn2c(C)nnc2SCc2ccccc2)cccc1[N+](=O)[O-]. The first-order valence-electron chi connectivity index (χ1n) is 8.11. The summed E-state index contributed by atoms with van der Waals surface area (Å²) in [6.45, 7) is 3.28. The van der Waals surface area contributed by atoms with Gasteiger partial charge in [-0.2, -0.15) is 0 Å². The first-order valence-corrected chi connectivity index (χ1v) is 9.10. The summed E-state index contributed by atoms with van der Waals surface area (Å²) in [4.78, 5) is 23.3. The first-order chi connectivity index (χ1) is 13.0. The molecule has 138 valence electrons. The number of thioether (sulfide) groups is 1. The van der Waals surface area contributed by atoms with Crippen molar-refractivity contribution in [1.82, 2.24) is 14.9 Å². The number of nitro groups is 1. The number of nitro benzene ring substituents is 1. The summed E-state index contributed by atoms with van der Waals surface area (Å²) < 4.78 is 1.49. The molecule has 0 unspecified atom stereocenters. The number of nitrogens with one attached hydrogen (secondary N) is 1. The predicted molar refractivity (Wildman–Crippen MR) is 102 cm³/mol. The van der Waals surface area contributed by atoms with Gasteiger partial charge < -0.3 is 0 Å². The van der Waals surface area contributed by atoms with E-state index in [0.29, 0.717) is 22.3 Å². The van der Waals surface area contributed by atoms with Gasteiger partial charge in [-0.05, 0) is 25.5 Å². The normalized spacial score (nSPS) is 10.6. The molecule has 0 atom stereocenters. The van der Waals surface area contributed by atoms with Crippen LogP contribution in [0, 0.1) is 24.0 Å². The highest BCUT2D eigenvalue weighted by molar-refractivity contribution is 7.98. The van der Waals surface area contributed by atoms with E-state index >= 15 is 0 Å². The van der Waals surface area contributed by atoms with Gasteiger partial charge in [0, 0.05) is 17.4 Å². The molecule has 2 aromatic carbocycles. The molecule has 3 rings (SSSR count). The molecule has 9 heteroatoms. The summed E-state index contributed by atoms with van der Waals surface area (Å²) in [6.07, 6.45) is 0. The van der Waals surface area contributed by atoms with Gasteiger partial charge in [0.2, 0.25) is 5.16 Å². The van der Waals surface area contributed by atoms with Crippen molar-refractivity contribution < 1.29 is 9.72 Å². The molecule has 0 saturated heterocycles. The number of aromatic nitrogens is 3. The molecule has 0 fully saturated rings. The third kappa shape index (κ3) is 4.14. The molecule has 0 aliphatic heterocycles. The molecule has 27 heavy (non-hydrogen) atoms. The molecular formula is C18H17N5O3S. The largest absolute Gasteiger partial charge is 0.273 e. The molecule has 0 aliphatic rings. The number of nitrogens with zero attached hydrogens (tertiary/aromatic N) is 4. The molecule has 1 aromatic heterocycles. The van der Waals surface area contributed by atoms with Gasteiger partial charge in [0.05, 0.1) is 10.5 Å². The number of aryl methyl sites for hydroxylation is 1. The maximum Gasteiger partial charge on any atom is 0.273 e. The minimum Gasteiger partial charge on any atom is -0.267 e. The monoisotopic (exact) mass is 383 g/mol. The summed E-state index contributed by atoms with van der Waals surface area (Å²) in [5, 5.41) is 19.7. The van der Waals surface area contributed by atoms with Crippen LogP contribution < -0.4 is 5.43 Å². The van der Waals surface area contributed by atoms with Crippen molar-refractivity contribution in [2.24, 2.45) is 0 Å². The zero-order valence-electron chi connectivity index (χ0n) is 14.7. The number of hydrogen-bond acceptors (Lipinski definition) is 6. The maximum absolute atomic E-state index is 12.7. The molecule has 1 N–H and O–H groups in total. The number of benzene rings is 2. The van der Waals surface area contributed by atoms with Gasteiger partial charge in [-0.25, -0.2) is 4.68 Å². The van der Waals surface area contributed by atoms with Crippen molar-refractivity contribution in [3.63, 3.8) is 0 Å². The van der Waals surface area contributed by atoms with Gasteiger partial charge in [0.25, 0.3) is 11.6 Å². The number of amides is 1. The van der Waals surface area contributed by atoms with E-state index in [1.807, 2.05) is 30.3 Å². The predicted octanol–water partition coefficient (Wildman–Crippen LogP) is 3.48. The smallest absolute Gasteiger partial charge is 0.267 e. The Bertz CT molecular complexity index is 988. The van der Waals surface area contributed by atoms with Crippen LogP contribution in [0.3, 0.4) is 0 Å². The summed E-state index contributed by atoms with van der Waals surface area (Å²) in [7, 11) is 0. The first kappa shape index (κ1) is 18.6. The minimum atomic E-state index is -0.503. The van der Waals surface area contributed by atoms with E-state index in [4.69, 9.17) is 0 Å². The fourth-order valence-corrected chi connectivity index (χ4v) is 3.41. The van der Waals surface area contributed by atoms with Gasteiger partial charge in [-0.1, -0.05) is 48.2 Å². The Morgan fingerprint density at radius 2 is 1.89 bits per heavy atom. The van der Waals surface area contributed by atoms with E-state index in [1.165, 1.54) is 28.6 Å². The fraction of sp³-hybridized carbons (Fsp3) is 0.167. The lowest BCUT2D eigenvalue weighted by molar-refractivity contribution is -0.385. The topological polar surface area (TPSA) is 103 Å². The van der Waals surface area contributed by atoms with Crippen LogP contribution in [0.2, 0.25) is 0 Å². The average Bonchev–Trinajstić information content (AvgIpc) is 3.00. The van der Waals surface area contributed by atoms with Crippen molar-refractivity contribution in [2.45, 2.75) is 24.8 Å². The second kappa shape index (κ2) is 8.00. The summed E-state index contributed by atoms with van der Waals surface area (Å²) in [5.74, 6) is 0.729. The lowest BCUT2D eigenvalue weighted by atomic mass is 10.1. The van der Waals surface area contributed by atoms with Crippen molar-refractivity contribution in [3.05, 3.63) is 81.2 Å². The average molecular weight is 383 g/mol. The fourth-order valence-electron chi connectivity index (χ4n) is 2.52. The van der Waals surface area contributed by atoms with Crippen molar-refractivity contribution in [2.75, 3.05) is 5.43 Å². The molecule has 8 nitrogen and oxygen atoms in total. The summed E-state index contributed by atoms with van der Waals surface area (Å²) in [6, 6.07) is 14.3. The van der Waals surface area contributed by atoms with Gasteiger partial charge in [-0.3, -0.25) is 20.3 Å². The lowest BCUT2D eigenvalue weighted by Crippen LogP contribution is -2.25. The van der Waals surface area contributed by atoms with E-state index in [0.717, 1.165) is 5.56 Å². The molecule has 1 heterocycles. The number of carbonyl (C=O) groups excluding carboxylic acids is 1. The summed E-state index contributed by atoms with van der Waals surface area (Å²) >= 11 is 1.44. The van der Waals surface area contributed by atoms with Crippen LogP contribution in [0.4, 0.5) is 5.69 Å². The van der Waals surface area contributed by atoms with Crippen LogP contribution in [-0.2, 0) is 5.75 Å². The highest BCUT2D eigenvalue weighted by Gasteiger charge is 2.20. The van der Waals surface area contributed by atoms with E-state index in [2.05, 4.69) is 15.6 Å². The number of carbonyl (C=O) groups is 1.